The standard InChI is InChI=1S/C44H28O.C42H26O.C32H20O/c1-4-14-29(15-5-1)33-25-26-34(30-16-6-2-7-17-30)44-43(33)39-28-32(24-27-40(39)45-44)42-37-22-12-10-20-35(37)41(31-18-8-3-9-19-31)36-21-11-13-23-38(36)42;1-2-10-27(11-3-1)30-20-22-36-38(25-30)42(31-19-18-28-12-4-5-13-29(28)24-31)35-16-7-6-15-34(35)41(36)32-21-23-40-37(26-32)33-14-8-9-17-39(33)43-40;1-2-10-21(11-3-1)31-25-13-4-6-15-27(25)32(28-16-7-5-14-26(28)31)22-18-19-24-23-12-8-9-17-29(23)33-30(24)20-22/h1-28H;1-26H;1-20H/i;;8D,9D,12D,17D. The van der Waals surface area contributed by atoms with Crippen molar-refractivity contribution in [2.24, 2.45) is 0 Å². The first kappa shape index (κ1) is 66.2. The molecule has 22 aromatic carbocycles. The van der Waals surface area contributed by atoms with Crippen molar-refractivity contribution in [3.8, 4) is 100 Å². The van der Waals surface area contributed by atoms with Crippen LogP contribution in [0.15, 0.2) is 462 Å². The molecule has 25 rings (SSSR count). The molecule has 3 heteroatoms. The van der Waals surface area contributed by atoms with Crippen LogP contribution in [0.5, 0.6) is 0 Å². The van der Waals surface area contributed by atoms with Crippen LogP contribution in [-0.4, -0.2) is 0 Å². The zero-order valence-electron chi connectivity index (χ0n) is 69.6. The predicted octanol–water partition coefficient (Wildman–Crippen LogP) is 33.8. The molecule has 121 heavy (non-hydrogen) atoms. The number of fused-ring (bicyclic) bond motifs is 16. The normalized spacial score (nSPS) is 12.1. The summed E-state index contributed by atoms with van der Waals surface area (Å²) in [5.74, 6) is 0. The average Bonchev–Trinajstić information content (AvgIpc) is 1.65. The summed E-state index contributed by atoms with van der Waals surface area (Å²) >= 11 is 0. The van der Waals surface area contributed by atoms with Gasteiger partial charge in [-0.2, -0.15) is 0 Å². The van der Waals surface area contributed by atoms with Crippen LogP contribution in [-0.2, 0) is 0 Å². The first-order valence-corrected chi connectivity index (χ1v) is 41.2. The SMILES string of the molecule is [2H]c1c([2H])c([2H])c2c(oc3cc(-c4c5ccccc5c(-c5ccccc5)c5ccccc45)ccc32)c1[2H].c1ccc(-c2c3ccccc3c(-c3ccc4oc5c(-c6ccccc6)ccc(-c6ccccc6)c5c4c3)c3ccccc23)cc1.c1ccc(-c2ccc3c(-c4ccc5oc6ccccc6c5c4)c4ccccc4c(-c4ccc5ccccc5c4)c3c2)cc1. The van der Waals surface area contributed by atoms with Crippen LogP contribution in [0.1, 0.15) is 5.48 Å². The Labute approximate surface area is 704 Å². The summed E-state index contributed by atoms with van der Waals surface area (Å²) in [5, 5.41) is 22.7. The fourth-order valence-electron chi connectivity index (χ4n) is 18.9. The Morgan fingerprint density at radius 3 is 1.02 bits per heavy atom. The highest BCUT2D eigenvalue weighted by Gasteiger charge is 2.25. The van der Waals surface area contributed by atoms with Gasteiger partial charge in [-0.1, -0.05) is 382 Å². The molecule has 0 bridgehead atoms. The van der Waals surface area contributed by atoms with E-state index in [1.165, 1.54) is 126 Å². The Bertz CT molecular complexity index is 8520. The third kappa shape index (κ3) is 12.2. The van der Waals surface area contributed by atoms with Crippen LogP contribution < -0.4 is 0 Å². The summed E-state index contributed by atoms with van der Waals surface area (Å²) in [7, 11) is 0. The number of benzene rings is 22. The van der Waals surface area contributed by atoms with E-state index in [1.807, 2.05) is 36.4 Å². The van der Waals surface area contributed by atoms with Gasteiger partial charge < -0.3 is 13.3 Å². The van der Waals surface area contributed by atoms with Gasteiger partial charge in [0.05, 0.1) is 5.48 Å². The molecule has 3 aromatic heterocycles. The van der Waals surface area contributed by atoms with Gasteiger partial charge in [0.2, 0.25) is 0 Å². The minimum Gasteiger partial charge on any atom is -0.456 e. The zero-order valence-corrected chi connectivity index (χ0v) is 65.6. The van der Waals surface area contributed by atoms with E-state index >= 15 is 0 Å². The number of furan rings is 3. The molecule has 0 spiro atoms. The number of hydrogen-bond donors (Lipinski definition) is 0. The van der Waals surface area contributed by atoms with Gasteiger partial charge in [-0.3, -0.25) is 0 Å². The maximum Gasteiger partial charge on any atom is 0.143 e. The van der Waals surface area contributed by atoms with E-state index < -0.39 is 0 Å². The van der Waals surface area contributed by atoms with Crippen LogP contribution >= 0.6 is 0 Å². The highest BCUT2D eigenvalue weighted by molar-refractivity contribution is 6.27. The smallest absolute Gasteiger partial charge is 0.143 e. The average molecular weight is 1540 g/mol. The molecule has 0 amide bonds. The lowest BCUT2D eigenvalue weighted by Crippen LogP contribution is -1.92. The van der Waals surface area contributed by atoms with Crippen molar-refractivity contribution < 1.29 is 18.7 Å². The molecule has 564 valence electrons. The van der Waals surface area contributed by atoms with Gasteiger partial charge in [-0.25, -0.2) is 0 Å². The fourth-order valence-corrected chi connectivity index (χ4v) is 18.9. The minimum absolute atomic E-state index is 0.0781. The molecule has 0 aliphatic rings. The van der Waals surface area contributed by atoms with Crippen molar-refractivity contribution >= 4 is 141 Å². The highest BCUT2D eigenvalue weighted by atomic mass is 16.3. The fraction of sp³-hybridized carbons (Fsp3) is 0. The summed E-state index contributed by atoms with van der Waals surface area (Å²) in [5.41, 5.74) is 25.7. The maximum absolute atomic E-state index is 8.41. The molecule has 0 fully saturated rings. The molecule has 0 saturated heterocycles. The molecule has 3 heterocycles. The van der Waals surface area contributed by atoms with E-state index in [-0.39, 0.29) is 29.8 Å². The molecule has 0 radical (unpaired) electrons. The highest BCUT2D eigenvalue weighted by Crippen LogP contribution is 2.51. The first-order chi connectivity index (χ1) is 61.7. The van der Waals surface area contributed by atoms with Gasteiger partial charge in [-0.05, 0) is 237 Å². The van der Waals surface area contributed by atoms with E-state index in [0.29, 0.717) is 16.4 Å². The summed E-state index contributed by atoms with van der Waals surface area (Å²) in [6.07, 6.45) is 0. The molecule has 0 saturated carbocycles. The summed E-state index contributed by atoms with van der Waals surface area (Å²) < 4.78 is 51.9. The van der Waals surface area contributed by atoms with Gasteiger partial charge in [-0.15, -0.1) is 0 Å². The third-order valence-corrected chi connectivity index (χ3v) is 24.3. The van der Waals surface area contributed by atoms with Crippen molar-refractivity contribution in [2.75, 3.05) is 0 Å². The lowest BCUT2D eigenvalue weighted by Gasteiger charge is -2.19. The Hall–Kier alpha value is -15.9. The van der Waals surface area contributed by atoms with Crippen LogP contribution in [0.25, 0.3) is 241 Å². The van der Waals surface area contributed by atoms with Gasteiger partial charge in [0.25, 0.3) is 0 Å². The molecule has 0 aliphatic carbocycles. The van der Waals surface area contributed by atoms with E-state index in [0.717, 1.165) is 93.2 Å². The molecular weight excluding hydrogens is 1470 g/mol. The number of rotatable bonds is 9. The molecule has 0 atom stereocenters. The largest absolute Gasteiger partial charge is 0.456 e. The van der Waals surface area contributed by atoms with Crippen LogP contribution in [0.4, 0.5) is 0 Å². The minimum atomic E-state index is -0.287. The van der Waals surface area contributed by atoms with Crippen LogP contribution in [0.2, 0.25) is 0 Å². The number of hydrogen-bond acceptors (Lipinski definition) is 3. The number of para-hydroxylation sites is 2. The van der Waals surface area contributed by atoms with Crippen molar-refractivity contribution in [1.29, 1.82) is 0 Å². The first-order valence-electron chi connectivity index (χ1n) is 43.2. The Morgan fingerprint density at radius 2 is 0.488 bits per heavy atom. The van der Waals surface area contributed by atoms with Crippen molar-refractivity contribution in [1.82, 2.24) is 0 Å². The van der Waals surface area contributed by atoms with E-state index in [9.17, 15) is 0 Å². The monoisotopic (exact) mass is 1540 g/mol. The predicted molar refractivity (Wildman–Crippen MR) is 513 cm³/mol. The van der Waals surface area contributed by atoms with E-state index in [4.69, 9.17) is 18.7 Å². The molecule has 25 aromatic rings. The second-order valence-corrected chi connectivity index (χ2v) is 31.1. The molecule has 0 unspecified atom stereocenters. The quantitative estimate of drug-likeness (QED) is 0.135. The van der Waals surface area contributed by atoms with Crippen LogP contribution in [0.3, 0.4) is 0 Å². The second kappa shape index (κ2) is 29.7. The molecular formula is C118H74O3. The lowest BCUT2D eigenvalue weighted by atomic mass is 9.84. The van der Waals surface area contributed by atoms with E-state index in [1.54, 1.807) is 0 Å². The summed E-state index contributed by atoms with van der Waals surface area (Å²) in [6, 6.07) is 150. The molecule has 3 nitrogen and oxygen atoms in total. The van der Waals surface area contributed by atoms with Gasteiger partial charge >= 0.3 is 0 Å². The van der Waals surface area contributed by atoms with Crippen molar-refractivity contribution in [3.63, 3.8) is 0 Å². The van der Waals surface area contributed by atoms with Crippen LogP contribution in [0, 0.1) is 0 Å². The Balaban J connectivity index is 0.000000109. The molecule has 0 aliphatic heterocycles. The van der Waals surface area contributed by atoms with E-state index in [2.05, 4.69) is 388 Å². The third-order valence-electron chi connectivity index (χ3n) is 24.3. The van der Waals surface area contributed by atoms with Gasteiger partial charge in [0.15, 0.2) is 0 Å². The summed E-state index contributed by atoms with van der Waals surface area (Å²) in [4.78, 5) is 0. The van der Waals surface area contributed by atoms with Crippen molar-refractivity contribution in [2.45, 2.75) is 0 Å². The maximum atomic E-state index is 8.41. The summed E-state index contributed by atoms with van der Waals surface area (Å²) in [6.45, 7) is 0. The molecule has 0 N–H and O–H groups in total. The zero-order chi connectivity index (χ0) is 83.3. The lowest BCUT2D eigenvalue weighted by molar-refractivity contribution is 0.668. The Kier molecular flexibility index (Phi) is 16.2. The van der Waals surface area contributed by atoms with Gasteiger partial charge in [0, 0.05) is 37.9 Å². The van der Waals surface area contributed by atoms with Gasteiger partial charge in [0.1, 0.15) is 33.5 Å². The Morgan fingerprint density at radius 1 is 0.157 bits per heavy atom. The topological polar surface area (TPSA) is 39.4 Å². The second-order valence-electron chi connectivity index (χ2n) is 31.1. The van der Waals surface area contributed by atoms with Crippen molar-refractivity contribution in [3.05, 3.63) is 449 Å².